The van der Waals surface area contributed by atoms with Crippen molar-refractivity contribution in [3.63, 3.8) is 0 Å². The summed E-state index contributed by atoms with van der Waals surface area (Å²) in [4.78, 5) is 24.8. The molecule has 0 aliphatic carbocycles. The normalized spacial score (nSPS) is 11.2. The van der Waals surface area contributed by atoms with Crippen molar-refractivity contribution >= 4 is 38.7 Å². The van der Waals surface area contributed by atoms with Crippen LogP contribution < -0.4 is 5.32 Å². The van der Waals surface area contributed by atoms with E-state index in [-0.39, 0.29) is 22.1 Å². The van der Waals surface area contributed by atoms with Crippen molar-refractivity contribution in [2.24, 2.45) is 0 Å². The van der Waals surface area contributed by atoms with Crippen LogP contribution in [0.15, 0.2) is 47.4 Å². The molecule has 1 amide bonds. The van der Waals surface area contributed by atoms with Crippen LogP contribution in [-0.4, -0.2) is 36.7 Å². The Hall–Kier alpha value is -3.11. The molecule has 3 rings (SSSR count). The van der Waals surface area contributed by atoms with Gasteiger partial charge in [0.05, 0.1) is 10.5 Å². The molecule has 8 nitrogen and oxygen atoms in total. The molecule has 0 fully saturated rings. The Balaban J connectivity index is 1.63. The molecule has 0 unspecified atom stereocenters. The van der Waals surface area contributed by atoms with E-state index in [1.165, 1.54) is 12.1 Å². The van der Waals surface area contributed by atoms with E-state index in [1.807, 2.05) is 31.2 Å². The van der Waals surface area contributed by atoms with E-state index in [4.69, 9.17) is 4.74 Å². The standard InChI is InChI=1S/C21H21N3O5S2/c1-4-14-6-8-15(9-7-14)22-19(25)20-24-23-18(30-20)12-29-21(26)17-11-16(31(3,27)28)10-5-13(17)2/h5-11H,4,12H2,1-3H3,(H,22,25). The number of ether oxygens (including phenoxy) is 1. The maximum Gasteiger partial charge on any atom is 0.338 e. The zero-order valence-corrected chi connectivity index (χ0v) is 18.8. The zero-order valence-electron chi connectivity index (χ0n) is 17.2. The van der Waals surface area contributed by atoms with Gasteiger partial charge in [-0.1, -0.05) is 36.5 Å². The quantitative estimate of drug-likeness (QED) is 0.538. The maximum atomic E-state index is 12.4. The van der Waals surface area contributed by atoms with Crippen LogP contribution in [0.2, 0.25) is 0 Å². The zero-order chi connectivity index (χ0) is 22.6. The molecule has 0 atom stereocenters. The van der Waals surface area contributed by atoms with Crippen LogP contribution in [0.5, 0.6) is 0 Å². The Kier molecular flexibility index (Phi) is 6.81. The molecule has 1 N–H and O–H groups in total. The second-order valence-corrected chi connectivity index (χ2v) is 9.91. The molecule has 0 aliphatic rings. The number of rotatable bonds is 7. The molecule has 10 heteroatoms. The fourth-order valence-electron chi connectivity index (χ4n) is 2.67. The van der Waals surface area contributed by atoms with Gasteiger partial charge < -0.3 is 10.1 Å². The maximum absolute atomic E-state index is 12.4. The second-order valence-electron chi connectivity index (χ2n) is 6.83. The van der Waals surface area contributed by atoms with Gasteiger partial charge in [-0.05, 0) is 48.7 Å². The lowest BCUT2D eigenvalue weighted by Crippen LogP contribution is -2.11. The number of aromatic nitrogens is 2. The van der Waals surface area contributed by atoms with Gasteiger partial charge in [0.1, 0.15) is 6.61 Å². The van der Waals surface area contributed by atoms with Gasteiger partial charge in [0.25, 0.3) is 5.91 Å². The van der Waals surface area contributed by atoms with Crippen molar-refractivity contribution in [1.82, 2.24) is 10.2 Å². The van der Waals surface area contributed by atoms with Gasteiger partial charge in [-0.15, -0.1) is 10.2 Å². The van der Waals surface area contributed by atoms with Crippen LogP contribution in [0, 0.1) is 6.92 Å². The lowest BCUT2D eigenvalue weighted by molar-refractivity contribution is 0.0470. The predicted octanol–water partition coefficient (Wildman–Crippen LogP) is 3.42. The van der Waals surface area contributed by atoms with Gasteiger partial charge in [-0.25, -0.2) is 13.2 Å². The van der Waals surface area contributed by atoms with Gasteiger partial charge >= 0.3 is 5.97 Å². The summed E-state index contributed by atoms with van der Waals surface area (Å²) in [5.74, 6) is -1.09. The van der Waals surface area contributed by atoms with Gasteiger partial charge in [-0.3, -0.25) is 4.79 Å². The number of amides is 1. The van der Waals surface area contributed by atoms with E-state index in [0.717, 1.165) is 29.6 Å². The number of hydrogen-bond acceptors (Lipinski definition) is 8. The van der Waals surface area contributed by atoms with Gasteiger partial charge in [0.15, 0.2) is 14.8 Å². The van der Waals surface area contributed by atoms with Crippen molar-refractivity contribution in [3.05, 3.63) is 69.2 Å². The van der Waals surface area contributed by atoms with Crippen LogP contribution in [0.4, 0.5) is 5.69 Å². The summed E-state index contributed by atoms with van der Waals surface area (Å²) < 4.78 is 28.7. The highest BCUT2D eigenvalue weighted by atomic mass is 32.2. The summed E-state index contributed by atoms with van der Waals surface area (Å²) in [6.07, 6.45) is 1.98. The number of benzene rings is 2. The van der Waals surface area contributed by atoms with Crippen molar-refractivity contribution in [2.45, 2.75) is 31.8 Å². The number of carbonyl (C=O) groups excluding carboxylic acids is 2. The SMILES string of the molecule is CCc1ccc(NC(=O)c2nnc(COC(=O)c3cc(S(C)(=O)=O)ccc3C)s2)cc1. The summed E-state index contributed by atoms with van der Waals surface area (Å²) >= 11 is 1.01. The Morgan fingerprint density at radius 3 is 2.45 bits per heavy atom. The summed E-state index contributed by atoms with van der Waals surface area (Å²) in [6.45, 7) is 3.55. The van der Waals surface area contributed by atoms with Gasteiger partial charge in [0.2, 0.25) is 5.01 Å². The first-order valence-corrected chi connectivity index (χ1v) is 12.1. The lowest BCUT2D eigenvalue weighted by Gasteiger charge is -2.07. The number of nitrogens with zero attached hydrogens (tertiary/aromatic N) is 2. The van der Waals surface area contributed by atoms with Crippen LogP contribution >= 0.6 is 11.3 Å². The van der Waals surface area contributed by atoms with Crippen molar-refractivity contribution < 1.29 is 22.7 Å². The molecule has 0 saturated carbocycles. The third-order valence-corrected chi connectivity index (χ3v) is 6.47. The van der Waals surface area contributed by atoms with Crippen molar-refractivity contribution in [1.29, 1.82) is 0 Å². The Morgan fingerprint density at radius 2 is 1.81 bits per heavy atom. The minimum atomic E-state index is -3.45. The fraction of sp³-hybridized carbons (Fsp3) is 0.238. The third kappa shape index (κ3) is 5.74. The minimum Gasteiger partial charge on any atom is -0.455 e. The molecular formula is C21H21N3O5S2. The first kappa shape index (κ1) is 22.6. The average molecular weight is 460 g/mol. The topological polar surface area (TPSA) is 115 Å². The highest BCUT2D eigenvalue weighted by molar-refractivity contribution is 7.90. The molecule has 1 heterocycles. The minimum absolute atomic E-state index is 0.0342. The largest absolute Gasteiger partial charge is 0.455 e. The number of hydrogen-bond donors (Lipinski definition) is 1. The number of nitrogens with one attached hydrogen (secondary N) is 1. The smallest absolute Gasteiger partial charge is 0.338 e. The van der Waals surface area contributed by atoms with Crippen LogP contribution in [0.25, 0.3) is 0 Å². The second kappa shape index (κ2) is 9.36. The monoisotopic (exact) mass is 459 g/mol. The fourth-order valence-corrected chi connectivity index (χ4v) is 3.96. The molecule has 31 heavy (non-hydrogen) atoms. The van der Waals surface area contributed by atoms with Gasteiger partial charge in [-0.2, -0.15) is 0 Å². The summed E-state index contributed by atoms with van der Waals surface area (Å²) in [7, 11) is -3.45. The summed E-state index contributed by atoms with van der Waals surface area (Å²) in [5, 5.41) is 11.0. The van der Waals surface area contributed by atoms with E-state index < -0.39 is 21.7 Å². The van der Waals surface area contributed by atoms with Crippen molar-refractivity contribution in [3.8, 4) is 0 Å². The third-order valence-electron chi connectivity index (χ3n) is 4.46. The molecule has 2 aromatic carbocycles. The molecular weight excluding hydrogens is 438 g/mol. The lowest BCUT2D eigenvalue weighted by atomic mass is 10.1. The van der Waals surface area contributed by atoms with Crippen LogP contribution in [0.1, 0.15) is 43.2 Å². The molecule has 0 saturated heterocycles. The highest BCUT2D eigenvalue weighted by Gasteiger charge is 2.18. The molecule has 0 bridgehead atoms. The average Bonchev–Trinajstić information content (AvgIpc) is 3.21. The Morgan fingerprint density at radius 1 is 1.10 bits per heavy atom. The van der Waals surface area contributed by atoms with E-state index >= 15 is 0 Å². The molecule has 0 spiro atoms. The Labute approximate surface area is 184 Å². The number of esters is 1. The van der Waals surface area contributed by atoms with Crippen molar-refractivity contribution in [2.75, 3.05) is 11.6 Å². The molecule has 1 aromatic heterocycles. The first-order valence-electron chi connectivity index (χ1n) is 9.38. The van der Waals surface area contributed by atoms with Crippen LogP contribution in [-0.2, 0) is 27.6 Å². The van der Waals surface area contributed by atoms with E-state index in [0.29, 0.717) is 16.3 Å². The molecule has 3 aromatic rings. The van der Waals surface area contributed by atoms with E-state index in [1.54, 1.807) is 13.0 Å². The van der Waals surface area contributed by atoms with Crippen LogP contribution in [0.3, 0.4) is 0 Å². The summed E-state index contributed by atoms with van der Waals surface area (Å²) in [5.41, 5.74) is 2.55. The summed E-state index contributed by atoms with van der Waals surface area (Å²) in [6, 6.07) is 11.8. The predicted molar refractivity (Wildman–Crippen MR) is 117 cm³/mol. The number of anilines is 1. The highest BCUT2D eigenvalue weighted by Crippen LogP contribution is 2.19. The van der Waals surface area contributed by atoms with E-state index in [9.17, 15) is 18.0 Å². The number of sulfone groups is 1. The number of carbonyl (C=O) groups is 2. The molecule has 0 aliphatic heterocycles. The Bertz CT molecular complexity index is 1220. The molecule has 0 radical (unpaired) electrons. The first-order chi connectivity index (χ1) is 14.7. The van der Waals surface area contributed by atoms with Gasteiger partial charge in [0, 0.05) is 11.9 Å². The van der Waals surface area contributed by atoms with E-state index in [2.05, 4.69) is 15.5 Å². The number of aryl methyl sites for hydroxylation is 2. The molecule has 162 valence electrons.